The van der Waals surface area contributed by atoms with Crippen molar-refractivity contribution in [1.82, 2.24) is 0 Å². The Morgan fingerprint density at radius 1 is 1.40 bits per heavy atom. The standard InChI is InChI=1S/C3H6O.Cr/c1-3(2)4;/h1-2H3;/q;+3. The van der Waals surface area contributed by atoms with Crippen molar-refractivity contribution in [2.24, 2.45) is 0 Å². The number of hydrogen-bond acceptors (Lipinski definition) is 1. The number of Topliss-reactive ketones (excluding diaryl/α,β-unsaturated/α-hetero) is 1. The summed E-state index contributed by atoms with van der Waals surface area (Å²) >= 11 is 0. The van der Waals surface area contributed by atoms with Gasteiger partial charge in [-0.2, -0.15) is 0 Å². The van der Waals surface area contributed by atoms with Gasteiger partial charge in [-0.3, -0.25) is 0 Å². The molecule has 0 aromatic carbocycles. The van der Waals surface area contributed by atoms with Gasteiger partial charge in [-0.25, -0.2) is 0 Å². The molecule has 5 heavy (non-hydrogen) atoms. The molecule has 1 nitrogen and oxygen atoms in total. The summed E-state index contributed by atoms with van der Waals surface area (Å²) < 4.78 is 0. The first-order valence-corrected chi connectivity index (χ1v) is 1.20. The molecule has 0 aliphatic carbocycles. The van der Waals surface area contributed by atoms with Crippen LogP contribution < -0.4 is 0 Å². The fraction of sp³-hybridized carbons (Fsp3) is 0.667. The van der Waals surface area contributed by atoms with Gasteiger partial charge in [0.2, 0.25) is 0 Å². The molecule has 0 fully saturated rings. The Bertz CT molecular complexity index is 29.9. The molecular formula is C3H6CrO+3. The molecule has 0 saturated heterocycles. The van der Waals surface area contributed by atoms with E-state index in [2.05, 4.69) is 0 Å². The van der Waals surface area contributed by atoms with Gasteiger partial charge in [-0.15, -0.1) is 0 Å². The van der Waals surface area contributed by atoms with Crippen LogP contribution in [0.5, 0.6) is 0 Å². The van der Waals surface area contributed by atoms with Gasteiger partial charge in [0.15, 0.2) is 0 Å². The van der Waals surface area contributed by atoms with Crippen molar-refractivity contribution in [2.75, 3.05) is 0 Å². The minimum Gasteiger partial charge on any atom is -0.300 e. The maximum Gasteiger partial charge on any atom is 3.00 e. The van der Waals surface area contributed by atoms with Crippen molar-refractivity contribution in [3.63, 3.8) is 0 Å². The first-order chi connectivity index (χ1) is 1.73. The first-order valence-electron chi connectivity index (χ1n) is 1.20. The van der Waals surface area contributed by atoms with Gasteiger partial charge in [0, 0.05) is 0 Å². The van der Waals surface area contributed by atoms with Crippen LogP contribution in [0.3, 0.4) is 0 Å². The molecular weight excluding hydrogens is 104 g/mol. The van der Waals surface area contributed by atoms with E-state index in [4.69, 9.17) is 0 Å². The maximum absolute atomic E-state index is 9.44. The summed E-state index contributed by atoms with van der Waals surface area (Å²) in [4.78, 5) is 9.44. The third-order valence-corrected chi connectivity index (χ3v) is 0. The number of hydrogen-bond donors (Lipinski definition) is 0. The quantitative estimate of drug-likeness (QED) is 0.446. The molecule has 0 unspecified atom stereocenters. The van der Waals surface area contributed by atoms with Gasteiger partial charge in [0.1, 0.15) is 5.78 Å². The van der Waals surface area contributed by atoms with E-state index in [0.29, 0.717) is 0 Å². The predicted molar refractivity (Wildman–Crippen MR) is 16.4 cm³/mol. The van der Waals surface area contributed by atoms with E-state index in [-0.39, 0.29) is 23.1 Å². The van der Waals surface area contributed by atoms with Crippen molar-refractivity contribution < 1.29 is 22.2 Å². The van der Waals surface area contributed by atoms with E-state index in [0.717, 1.165) is 0 Å². The van der Waals surface area contributed by atoms with E-state index in [1.807, 2.05) is 0 Å². The molecule has 0 heterocycles. The molecule has 0 aromatic heterocycles. The summed E-state index contributed by atoms with van der Waals surface area (Å²) in [6.45, 7) is 3.06. The molecule has 0 spiro atoms. The van der Waals surface area contributed by atoms with Crippen molar-refractivity contribution >= 4 is 5.78 Å². The Labute approximate surface area is 42.5 Å². The Balaban J connectivity index is 0. The number of carbonyl (C=O) groups excluding carboxylic acids is 1. The monoisotopic (exact) mass is 110 g/mol. The molecule has 0 aliphatic heterocycles. The number of ketones is 1. The SMILES string of the molecule is CC(C)=O.[Cr+3]. The van der Waals surface area contributed by atoms with Crippen molar-refractivity contribution in [2.45, 2.75) is 13.8 Å². The molecule has 0 saturated carbocycles. The predicted octanol–water partition coefficient (Wildman–Crippen LogP) is 0.593. The van der Waals surface area contributed by atoms with Crippen LogP contribution in [0.1, 0.15) is 13.8 Å². The van der Waals surface area contributed by atoms with E-state index in [1.54, 1.807) is 0 Å². The molecule has 2 heteroatoms. The van der Waals surface area contributed by atoms with Gasteiger partial charge < -0.3 is 4.79 Å². The first kappa shape index (κ1) is 8.96. The molecule has 0 rings (SSSR count). The molecule has 0 aliphatic rings. The van der Waals surface area contributed by atoms with Crippen LogP contribution in [0, 0.1) is 0 Å². The molecule has 0 bridgehead atoms. The van der Waals surface area contributed by atoms with E-state index in [9.17, 15) is 4.79 Å². The average molecular weight is 110 g/mol. The molecule has 0 atom stereocenters. The third-order valence-electron chi connectivity index (χ3n) is 0. The minimum atomic E-state index is 0. The zero-order valence-corrected chi connectivity index (χ0v) is 4.59. The van der Waals surface area contributed by atoms with Crippen molar-refractivity contribution in [3.05, 3.63) is 0 Å². The van der Waals surface area contributed by atoms with Gasteiger partial charge in [0.25, 0.3) is 0 Å². The van der Waals surface area contributed by atoms with E-state index < -0.39 is 0 Å². The van der Waals surface area contributed by atoms with Crippen LogP contribution in [-0.4, -0.2) is 5.78 Å². The van der Waals surface area contributed by atoms with E-state index in [1.165, 1.54) is 13.8 Å². The Morgan fingerprint density at radius 2 is 1.40 bits per heavy atom. The summed E-state index contributed by atoms with van der Waals surface area (Å²) in [5, 5.41) is 0. The molecule has 1 radical (unpaired) electrons. The topological polar surface area (TPSA) is 17.1 Å². The van der Waals surface area contributed by atoms with Crippen LogP contribution in [0.15, 0.2) is 0 Å². The van der Waals surface area contributed by atoms with Crippen LogP contribution >= 0.6 is 0 Å². The smallest absolute Gasteiger partial charge is 0.300 e. The summed E-state index contributed by atoms with van der Waals surface area (Å²) in [6.07, 6.45) is 0. The summed E-state index contributed by atoms with van der Waals surface area (Å²) in [6, 6.07) is 0. The molecule has 0 N–H and O–H groups in total. The minimum absolute atomic E-state index is 0. The zero-order chi connectivity index (χ0) is 3.58. The Hall–Kier alpha value is 0.202. The second-order valence-corrected chi connectivity index (χ2v) is 0.908. The van der Waals surface area contributed by atoms with Gasteiger partial charge >= 0.3 is 17.4 Å². The fourth-order valence-electron chi connectivity index (χ4n) is 0. The largest absolute Gasteiger partial charge is 3.00 e. The van der Waals surface area contributed by atoms with Gasteiger partial charge in [-0.05, 0) is 13.8 Å². The number of rotatable bonds is 0. The van der Waals surface area contributed by atoms with Crippen LogP contribution in [0.2, 0.25) is 0 Å². The summed E-state index contributed by atoms with van der Waals surface area (Å²) in [5.74, 6) is 0.167. The summed E-state index contributed by atoms with van der Waals surface area (Å²) in [7, 11) is 0. The molecule has 0 amide bonds. The van der Waals surface area contributed by atoms with Crippen molar-refractivity contribution in [1.29, 1.82) is 0 Å². The van der Waals surface area contributed by atoms with Crippen LogP contribution in [0.4, 0.5) is 0 Å². The zero-order valence-electron chi connectivity index (χ0n) is 3.32. The van der Waals surface area contributed by atoms with Crippen LogP contribution in [0.25, 0.3) is 0 Å². The Kier molecular flexibility index (Phi) is 7.53. The fourth-order valence-corrected chi connectivity index (χ4v) is 0. The Morgan fingerprint density at radius 3 is 1.40 bits per heavy atom. The molecule has 27 valence electrons. The second-order valence-electron chi connectivity index (χ2n) is 0.908. The average Bonchev–Trinajstić information content (AvgIpc) is 0.811. The van der Waals surface area contributed by atoms with Gasteiger partial charge in [0.05, 0.1) is 0 Å². The molecule has 0 aromatic rings. The normalized spacial score (nSPS) is 5.20. The second kappa shape index (κ2) is 4.20. The van der Waals surface area contributed by atoms with Crippen molar-refractivity contribution in [3.8, 4) is 0 Å². The third kappa shape index (κ3) is 497. The number of carbonyl (C=O) groups is 1. The van der Waals surface area contributed by atoms with Gasteiger partial charge in [-0.1, -0.05) is 0 Å². The van der Waals surface area contributed by atoms with E-state index >= 15 is 0 Å². The maximum atomic E-state index is 9.44. The summed E-state index contributed by atoms with van der Waals surface area (Å²) in [5.41, 5.74) is 0. The van der Waals surface area contributed by atoms with Crippen LogP contribution in [-0.2, 0) is 22.2 Å².